The average molecular weight is 258 g/mol. The van der Waals surface area contributed by atoms with Crippen LogP contribution in [0.3, 0.4) is 0 Å². The summed E-state index contributed by atoms with van der Waals surface area (Å²) in [5.74, 6) is -2.73. The summed E-state index contributed by atoms with van der Waals surface area (Å²) in [6.45, 7) is 2.28. The summed E-state index contributed by atoms with van der Waals surface area (Å²) < 4.78 is 26.3. The van der Waals surface area contributed by atoms with Crippen LogP contribution >= 0.6 is 0 Å². The molecule has 0 aliphatic carbocycles. The summed E-state index contributed by atoms with van der Waals surface area (Å²) in [4.78, 5) is 4.09. The number of nitrogens with zero attached hydrogens (tertiary/aromatic N) is 2. The summed E-state index contributed by atoms with van der Waals surface area (Å²) in [6.07, 6.45) is 0.993. The Labute approximate surface area is 107 Å². The topological polar surface area (TPSA) is 26.7 Å². The van der Waals surface area contributed by atoms with E-state index in [-0.39, 0.29) is 0 Å². The first-order valence-corrected chi connectivity index (χ1v) is 5.90. The molecule has 0 aliphatic heterocycles. The second-order valence-corrected chi connectivity index (χ2v) is 4.80. The lowest BCUT2D eigenvalue weighted by atomic mass is 10.2. The number of rotatable bonds is 6. The van der Waals surface area contributed by atoms with Crippen LogP contribution in [-0.4, -0.2) is 49.1 Å². The lowest BCUT2D eigenvalue weighted by molar-refractivity contribution is 0.293. The molecule has 0 radical (unpaired) electrons. The van der Waals surface area contributed by atoms with E-state index in [9.17, 15) is 8.78 Å². The largest absolute Gasteiger partial charge is 0.503 e. The van der Waals surface area contributed by atoms with E-state index < -0.39 is 17.4 Å². The molecule has 0 saturated carbocycles. The fraction of sp³-hybridized carbons (Fsp3) is 0.538. The molecule has 5 heteroatoms. The van der Waals surface area contributed by atoms with Crippen LogP contribution in [0.4, 0.5) is 8.78 Å². The highest BCUT2D eigenvalue weighted by molar-refractivity contribution is 5.29. The summed E-state index contributed by atoms with van der Waals surface area (Å²) in [5, 5.41) is 9.00. The minimum Gasteiger partial charge on any atom is -0.503 e. The fourth-order valence-electron chi connectivity index (χ4n) is 1.76. The van der Waals surface area contributed by atoms with Crippen molar-refractivity contribution in [3.05, 3.63) is 29.3 Å². The zero-order valence-corrected chi connectivity index (χ0v) is 11.1. The molecule has 0 saturated heterocycles. The zero-order valence-electron chi connectivity index (χ0n) is 11.1. The van der Waals surface area contributed by atoms with Gasteiger partial charge < -0.3 is 14.9 Å². The SMILES string of the molecule is CN(C)CCCN(C)Cc1cc(F)c(O)c(F)c1. The number of hydrogen-bond acceptors (Lipinski definition) is 3. The van der Waals surface area contributed by atoms with Crippen LogP contribution < -0.4 is 0 Å². The molecule has 18 heavy (non-hydrogen) atoms. The first-order chi connectivity index (χ1) is 8.40. The second-order valence-electron chi connectivity index (χ2n) is 4.80. The summed E-state index contributed by atoms with van der Waals surface area (Å²) in [7, 11) is 5.91. The van der Waals surface area contributed by atoms with Crippen molar-refractivity contribution in [2.75, 3.05) is 34.2 Å². The van der Waals surface area contributed by atoms with Crippen molar-refractivity contribution in [3.63, 3.8) is 0 Å². The lowest BCUT2D eigenvalue weighted by Crippen LogP contribution is -2.23. The molecule has 0 fully saturated rings. The fourth-order valence-corrected chi connectivity index (χ4v) is 1.76. The molecule has 1 aromatic carbocycles. The maximum absolute atomic E-state index is 13.1. The van der Waals surface area contributed by atoms with E-state index in [0.29, 0.717) is 12.1 Å². The van der Waals surface area contributed by atoms with Crippen LogP contribution in [0, 0.1) is 11.6 Å². The van der Waals surface area contributed by atoms with E-state index in [4.69, 9.17) is 5.11 Å². The predicted molar refractivity (Wildman–Crippen MR) is 67.5 cm³/mol. The Hall–Kier alpha value is -1.20. The van der Waals surface area contributed by atoms with Crippen molar-refractivity contribution in [2.24, 2.45) is 0 Å². The second kappa shape index (κ2) is 6.66. The molecule has 0 heterocycles. The van der Waals surface area contributed by atoms with Crippen LogP contribution in [0.25, 0.3) is 0 Å². The smallest absolute Gasteiger partial charge is 0.187 e. The molecule has 0 amide bonds. The number of benzene rings is 1. The van der Waals surface area contributed by atoms with Gasteiger partial charge in [0.15, 0.2) is 17.4 Å². The Kier molecular flexibility index (Phi) is 5.50. The Morgan fingerprint density at radius 2 is 1.61 bits per heavy atom. The van der Waals surface area contributed by atoms with Gasteiger partial charge in [0, 0.05) is 6.54 Å². The van der Waals surface area contributed by atoms with Crippen LogP contribution in [0.1, 0.15) is 12.0 Å². The first-order valence-electron chi connectivity index (χ1n) is 5.90. The van der Waals surface area contributed by atoms with Crippen molar-refractivity contribution in [1.29, 1.82) is 0 Å². The van der Waals surface area contributed by atoms with E-state index in [1.54, 1.807) is 0 Å². The summed E-state index contributed by atoms with van der Waals surface area (Å²) in [6, 6.07) is 2.34. The monoisotopic (exact) mass is 258 g/mol. The van der Waals surface area contributed by atoms with Gasteiger partial charge in [-0.1, -0.05) is 0 Å². The zero-order chi connectivity index (χ0) is 13.7. The number of phenols is 1. The molecular formula is C13H20F2N2O. The van der Waals surface area contributed by atoms with E-state index in [2.05, 4.69) is 4.90 Å². The minimum absolute atomic E-state index is 0.460. The Bertz CT molecular complexity index is 374. The molecule has 0 bridgehead atoms. The van der Waals surface area contributed by atoms with Gasteiger partial charge >= 0.3 is 0 Å². The molecule has 102 valence electrons. The number of halogens is 2. The number of aromatic hydroxyl groups is 1. The minimum atomic E-state index is -0.910. The van der Waals surface area contributed by atoms with Crippen LogP contribution in [0.15, 0.2) is 12.1 Å². The van der Waals surface area contributed by atoms with Gasteiger partial charge in [-0.2, -0.15) is 0 Å². The molecule has 0 unspecified atom stereocenters. The normalized spacial score (nSPS) is 11.5. The third-order valence-electron chi connectivity index (χ3n) is 2.67. The average Bonchev–Trinajstić information content (AvgIpc) is 2.25. The third-order valence-corrected chi connectivity index (χ3v) is 2.67. The molecule has 0 aromatic heterocycles. The van der Waals surface area contributed by atoms with Gasteiger partial charge in [-0.25, -0.2) is 8.78 Å². The van der Waals surface area contributed by atoms with Crippen molar-refractivity contribution in [2.45, 2.75) is 13.0 Å². The highest BCUT2D eigenvalue weighted by Gasteiger charge is 2.10. The van der Waals surface area contributed by atoms with Crippen LogP contribution in [0.5, 0.6) is 5.75 Å². The molecule has 1 rings (SSSR count). The molecule has 1 N–H and O–H groups in total. The van der Waals surface area contributed by atoms with Crippen molar-refractivity contribution in [1.82, 2.24) is 9.80 Å². The summed E-state index contributed by atoms with van der Waals surface area (Å²) in [5.41, 5.74) is 0.523. The van der Waals surface area contributed by atoms with Crippen molar-refractivity contribution in [3.8, 4) is 5.75 Å². The maximum Gasteiger partial charge on any atom is 0.187 e. The maximum atomic E-state index is 13.1. The van der Waals surface area contributed by atoms with Crippen LogP contribution in [0.2, 0.25) is 0 Å². The van der Waals surface area contributed by atoms with Gasteiger partial charge in [0.2, 0.25) is 0 Å². The molecular weight excluding hydrogens is 238 g/mol. The van der Waals surface area contributed by atoms with Crippen molar-refractivity contribution < 1.29 is 13.9 Å². The van der Waals surface area contributed by atoms with Gasteiger partial charge in [-0.15, -0.1) is 0 Å². The summed E-state index contributed by atoms with van der Waals surface area (Å²) >= 11 is 0. The standard InChI is InChI=1S/C13H20F2N2O/c1-16(2)5-4-6-17(3)9-10-7-11(14)13(18)12(15)8-10/h7-8,18H,4-6,9H2,1-3H3. The van der Waals surface area contributed by atoms with E-state index in [0.717, 1.165) is 19.5 Å². The van der Waals surface area contributed by atoms with E-state index >= 15 is 0 Å². The Morgan fingerprint density at radius 3 is 2.11 bits per heavy atom. The molecule has 1 aromatic rings. The Balaban J connectivity index is 2.51. The highest BCUT2D eigenvalue weighted by atomic mass is 19.1. The molecule has 0 aliphatic rings. The quantitative estimate of drug-likeness (QED) is 0.846. The first kappa shape index (κ1) is 14.9. The van der Waals surface area contributed by atoms with Crippen LogP contribution in [-0.2, 0) is 6.54 Å². The lowest BCUT2D eigenvalue weighted by Gasteiger charge is -2.18. The van der Waals surface area contributed by atoms with Gasteiger partial charge in [0.1, 0.15) is 0 Å². The third kappa shape index (κ3) is 4.58. The van der Waals surface area contributed by atoms with E-state index in [1.807, 2.05) is 26.0 Å². The highest BCUT2D eigenvalue weighted by Crippen LogP contribution is 2.21. The van der Waals surface area contributed by atoms with Gasteiger partial charge in [-0.05, 0) is 58.3 Å². The van der Waals surface area contributed by atoms with Gasteiger partial charge in [0.05, 0.1) is 0 Å². The van der Waals surface area contributed by atoms with Crippen molar-refractivity contribution >= 4 is 0 Å². The molecule has 3 nitrogen and oxygen atoms in total. The molecule has 0 atom stereocenters. The number of hydrogen-bond donors (Lipinski definition) is 1. The van der Waals surface area contributed by atoms with Gasteiger partial charge in [0.25, 0.3) is 0 Å². The predicted octanol–water partition coefficient (Wildman–Crippen LogP) is 2.05. The Morgan fingerprint density at radius 1 is 1.06 bits per heavy atom. The van der Waals surface area contributed by atoms with Gasteiger partial charge in [-0.3, -0.25) is 0 Å². The van der Waals surface area contributed by atoms with E-state index in [1.165, 1.54) is 12.1 Å². The number of phenolic OH excluding ortho intramolecular Hbond substituents is 1. The molecule has 0 spiro atoms.